The zero-order valence-electron chi connectivity index (χ0n) is 11.1. The molecule has 100 valence electrons. The smallest absolute Gasteiger partial charge is 0.174 e. The first kappa shape index (κ1) is 13.7. The highest BCUT2D eigenvalue weighted by Gasteiger charge is 2.24. The fourth-order valence-corrected chi connectivity index (χ4v) is 2.34. The first-order chi connectivity index (χ1) is 8.41. The molecule has 1 aromatic carbocycles. The molecule has 1 aromatic rings. The molecule has 0 unspecified atom stereocenters. The predicted molar refractivity (Wildman–Crippen MR) is 76.1 cm³/mol. The number of nitrogens with two attached hydrogens (primary N) is 1. The molecule has 1 aliphatic rings. The number of methoxy groups -OCH3 is 1. The van der Waals surface area contributed by atoms with E-state index in [0.717, 1.165) is 28.1 Å². The van der Waals surface area contributed by atoms with Crippen LogP contribution in [0.4, 0.5) is 0 Å². The van der Waals surface area contributed by atoms with Crippen LogP contribution >= 0.6 is 15.9 Å². The summed E-state index contributed by atoms with van der Waals surface area (Å²) in [7, 11) is 1.65. The van der Waals surface area contributed by atoms with E-state index in [1.54, 1.807) is 7.11 Å². The molecule has 0 aliphatic heterocycles. The molecule has 2 N–H and O–H groups in total. The highest BCUT2D eigenvalue weighted by Crippen LogP contribution is 2.40. The number of halogens is 1. The number of rotatable bonds is 5. The third kappa shape index (κ3) is 3.18. The first-order valence-electron chi connectivity index (χ1n) is 6.21. The van der Waals surface area contributed by atoms with Crippen LogP contribution in [0.25, 0.3) is 0 Å². The van der Waals surface area contributed by atoms with Crippen molar-refractivity contribution in [3.63, 3.8) is 0 Å². The molecule has 0 aromatic heterocycles. The van der Waals surface area contributed by atoms with Crippen molar-refractivity contribution in [2.45, 2.75) is 32.2 Å². The molecule has 0 radical (unpaired) electrons. The van der Waals surface area contributed by atoms with Crippen LogP contribution in [-0.2, 0) is 5.54 Å². The zero-order valence-corrected chi connectivity index (χ0v) is 12.7. The van der Waals surface area contributed by atoms with Gasteiger partial charge in [0.1, 0.15) is 0 Å². The Morgan fingerprint density at radius 2 is 2.06 bits per heavy atom. The fraction of sp³-hybridized carbons (Fsp3) is 0.571. The number of benzene rings is 1. The van der Waals surface area contributed by atoms with Crippen molar-refractivity contribution in [1.82, 2.24) is 0 Å². The quantitative estimate of drug-likeness (QED) is 0.905. The third-order valence-electron chi connectivity index (χ3n) is 3.13. The van der Waals surface area contributed by atoms with Crippen molar-refractivity contribution in [3.8, 4) is 11.5 Å². The molecule has 1 aliphatic carbocycles. The van der Waals surface area contributed by atoms with Crippen molar-refractivity contribution in [2.24, 2.45) is 11.7 Å². The summed E-state index contributed by atoms with van der Waals surface area (Å²) in [6, 6.07) is 3.97. The minimum atomic E-state index is -0.396. The summed E-state index contributed by atoms with van der Waals surface area (Å²) < 4.78 is 12.1. The lowest BCUT2D eigenvalue weighted by molar-refractivity contribution is 0.278. The second-order valence-electron chi connectivity index (χ2n) is 5.47. The van der Waals surface area contributed by atoms with Gasteiger partial charge in [-0.3, -0.25) is 0 Å². The summed E-state index contributed by atoms with van der Waals surface area (Å²) in [4.78, 5) is 0. The van der Waals surface area contributed by atoms with Gasteiger partial charge in [-0.1, -0.05) is 0 Å². The van der Waals surface area contributed by atoms with Crippen molar-refractivity contribution >= 4 is 15.9 Å². The molecular formula is C14H20BrNO2. The Morgan fingerprint density at radius 1 is 1.39 bits per heavy atom. The molecule has 0 saturated heterocycles. The molecule has 4 heteroatoms. The predicted octanol–water partition coefficient (Wildman–Crippen LogP) is 3.44. The maximum absolute atomic E-state index is 6.14. The topological polar surface area (TPSA) is 44.5 Å². The van der Waals surface area contributed by atoms with E-state index in [2.05, 4.69) is 15.9 Å². The minimum absolute atomic E-state index is 0.396. The van der Waals surface area contributed by atoms with Crippen molar-refractivity contribution in [2.75, 3.05) is 13.7 Å². The fourth-order valence-electron chi connectivity index (χ4n) is 1.74. The lowest BCUT2D eigenvalue weighted by atomic mass is 9.95. The minimum Gasteiger partial charge on any atom is -0.492 e. The molecule has 0 bridgehead atoms. The highest BCUT2D eigenvalue weighted by molar-refractivity contribution is 9.10. The molecule has 0 heterocycles. The highest BCUT2D eigenvalue weighted by atomic mass is 79.9. The summed E-state index contributed by atoms with van der Waals surface area (Å²) in [5.41, 5.74) is 6.77. The second-order valence-corrected chi connectivity index (χ2v) is 6.32. The normalized spacial score (nSPS) is 15.6. The van der Waals surface area contributed by atoms with Gasteiger partial charge in [0, 0.05) is 5.54 Å². The Morgan fingerprint density at radius 3 is 2.56 bits per heavy atom. The standard InChI is InChI=1S/C14H20BrNO2/c1-14(2,16)10-6-11(15)13(17-3)12(7-10)18-8-9-4-5-9/h6-7,9H,4-5,8,16H2,1-3H3. The summed E-state index contributed by atoms with van der Waals surface area (Å²) >= 11 is 3.51. The lowest BCUT2D eigenvalue weighted by Gasteiger charge is -2.22. The molecule has 2 rings (SSSR count). The van der Waals surface area contributed by atoms with Crippen LogP contribution < -0.4 is 15.2 Å². The molecule has 0 spiro atoms. The Kier molecular flexibility index (Phi) is 3.87. The first-order valence-corrected chi connectivity index (χ1v) is 7.01. The molecule has 0 atom stereocenters. The van der Waals surface area contributed by atoms with Crippen molar-refractivity contribution in [3.05, 3.63) is 22.2 Å². The van der Waals surface area contributed by atoms with Crippen LogP contribution in [0.1, 0.15) is 32.3 Å². The average Bonchev–Trinajstić information content (AvgIpc) is 3.08. The van der Waals surface area contributed by atoms with Gasteiger partial charge in [0.25, 0.3) is 0 Å². The molecule has 3 nitrogen and oxygen atoms in total. The van der Waals surface area contributed by atoms with Gasteiger partial charge in [-0.15, -0.1) is 0 Å². The van der Waals surface area contributed by atoms with E-state index in [1.807, 2.05) is 26.0 Å². The van der Waals surface area contributed by atoms with E-state index in [4.69, 9.17) is 15.2 Å². The number of hydrogen-bond donors (Lipinski definition) is 1. The molecule has 1 fully saturated rings. The summed E-state index contributed by atoms with van der Waals surface area (Å²) in [5.74, 6) is 2.22. The van der Waals surface area contributed by atoms with Gasteiger partial charge in [0.05, 0.1) is 18.2 Å². The van der Waals surface area contributed by atoms with Gasteiger partial charge in [-0.05, 0) is 66.2 Å². The molecule has 1 saturated carbocycles. The van der Waals surface area contributed by atoms with Gasteiger partial charge < -0.3 is 15.2 Å². The Balaban J connectivity index is 2.29. The number of ether oxygens (including phenoxy) is 2. The van der Waals surface area contributed by atoms with Crippen LogP contribution in [0.5, 0.6) is 11.5 Å². The van der Waals surface area contributed by atoms with E-state index in [1.165, 1.54) is 12.8 Å². The van der Waals surface area contributed by atoms with Gasteiger partial charge in [-0.2, -0.15) is 0 Å². The van der Waals surface area contributed by atoms with Crippen LogP contribution in [0.2, 0.25) is 0 Å². The Labute approximate surface area is 117 Å². The maximum atomic E-state index is 6.14. The van der Waals surface area contributed by atoms with Crippen LogP contribution in [-0.4, -0.2) is 13.7 Å². The maximum Gasteiger partial charge on any atom is 0.174 e. The van der Waals surface area contributed by atoms with Gasteiger partial charge in [-0.25, -0.2) is 0 Å². The van der Waals surface area contributed by atoms with E-state index < -0.39 is 5.54 Å². The lowest BCUT2D eigenvalue weighted by Crippen LogP contribution is -2.28. The van der Waals surface area contributed by atoms with E-state index >= 15 is 0 Å². The summed E-state index contributed by atoms with van der Waals surface area (Å²) in [6.45, 7) is 4.72. The Bertz CT molecular complexity index is 436. The van der Waals surface area contributed by atoms with Gasteiger partial charge >= 0.3 is 0 Å². The van der Waals surface area contributed by atoms with Crippen molar-refractivity contribution in [1.29, 1.82) is 0 Å². The zero-order chi connectivity index (χ0) is 13.3. The van der Waals surface area contributed by atoms with Crippen LogP contribution in [0.15, 0.2) is 16.6 Å². The summed E-state index contributed by atoms with van der Waals surface area (Å²) in [5, 5.41) is 0. The van der Waals surface area contributed by atoms with Crippen molar-refractivity contribution < 1.29 is 9.47 Å². The average molecular weight is 314 g/mol. The van der Waals surface area contributed by atoms with Gasteiger partial charge in [0.2, 0.25) is 0 Å². The SMILES string of the molecule is COc1c(Br)cc(C(C)(C)N)cc1OCC1CC1. The second kappa shape index (κ2) is 5.10. The Hall–Kier alpha value is -0.740. The van der Waals surface area contributed by atoms with E-state index in [-0.39, 0.29) is 0 Å². The molecular weight excluding hydrogens is 294 g/mol. The van der Waals surface area contributed by atoms with E-state index in [9.17, 15) is 0 Å². The molecule has 0 amide bonds. The van der Waals surface area contributed by atoms with Crippen LogP contribution in [0.3, 0.4) is 0 Å². The van der Waals surface area contributed by atoms with Gasteiger partial charge in [0.15, 0.2) is 11.5 Å². The molecule has 18 heavy (non-hydrogen) atoms. The van der Waals surface area contributed by atoms with Crippen LogP contribution in [0, 0.1) is 5.92 Å². The van der Waals surface area contributed by atoms with E-state index in [0.29, 0.717) is 5.92 Å². The third-order valence-corrected chi connectivity index (χ3v) is 3.72. The largest absolute Gasteiger partial charge is 0.492 e. The monoisotopic (exact) mass is 313 g/mol. The number of hydrogen-bond acceptors (Lipinski definition) is 3. The summed E-state index contributed by atoms with van der Waals surface area (Å²) in [6.07, 6.45) is 2.54.